The average molecular weight is 296 g/mol. The number of nitrogen functional groups attached to an aromatic ring is 1. The lowest BCUT2D eigenvalue weighted by Crippen LogP contribution is -2.21. The molecule has 1 fully saturated rings. The third-order valence-corrected chi connectivity index (χ3v) is 4.87. The first-order valence-corrected chi connectivity index (χ1v) is 8.10. The van der Waals surface area contributed by atoms with Crippen molar-refractivity contribution >= 4 is 28.3 Å². The van der Waals surface area contributed by atoms with Crippen LogP contribution in [0.1, 0.15) is 49.4 Å². The summed E-state index contributed by atoms with van der Waals surface area (Å²) in [4.78, 5) is 11.8. The molecule has 1 heterocycles. The van der Waals surface area contributed by atoms with Crippen LogP contribution in [0.4, 0.5) is 10.8 Å². The van der Waals surface area contributed by atoms with Crippen molar-refractivity contribution < 1.29 is 4.79 Å². The molecule has 2 rings (SSSR count). The van der Waals surface area contributed by atoms with Crippen molar-refractivity contribution in [1.82, 2.24) is 9.69 Å². The molecule has 2 atom stereocenters. The highest BCUT2D eigenvalue weighted by atomic mass is 32.1. The van der Waals surface area contributed by atoms with E-state index in [-0.39, 0.29) is 5.91 Å². The standard InChI is InChI=1S/C14H24N4OS/c1-9-4-3-5-10(8-9)6-7-17-14-11(13(19)16-2)12(15)18-20-14/h9-10,17H,3-8H2,1-2H3,(H2,15,18)(H,16,19). The maximum Gasteiger partial charge on any atom is 0.257 e. The number of amides is 1. The molecule has 0 radical (unpaired) electrons. The number of rotatable bonds is 5. The highest BCUT2D eigenvalue weighted by Crippen LogP contribution is 2.31. The third kappa shape index (κ3) is 3.62. The summed E-state index contributed by atoms with van der Waals surface area (Å²) in [6.07, 6.45) is 6.53. The zero-order valence-electron chi connectivity index (χ0n) is 12.2. The second kappa shape index (κ2) is 6.92. The van der Waals surface area contributed by atoms with Crippen molar-refractivity contribution in [1.29, 1.82) is 0 Å². The first-order chi connectivity index (χ1) is 9.61. The molecule has 1 aromatic rings. The molecule has 0 bridgehead atoms. The lowest BCUT2D eigenvalue weighted by atomic mass is 9.81. The average Bonchev–Trinajstić information content (AvgIpc) is 2.79. The lowest BCUT2D eigenvalue weighted by molar-refractivity contribution is 0.0965. The van der Waals surface area contributed by atoms with Gasteiger partial charge in [-0.3, -0.25) is 4.79 Å². The number of carbonyl (C=O) groups is 1. The van der Waals surface area contributed by atoms with Crippen LogP contribution in [0, 0.1) is 11.8 Å². The fourth-order valence-corrected chi connectivity index (χ4v) is 3.72. The molecule has 112 valence electrons. The van der Waals surface area contributed by atoms with E-state index >= 15 is 0 Å². The van der Waals surface area contributed by atoms with E-state index in [2.05, 4.69) is 21.9 Å². The summed E-state index contributed by atoms with van der Waals surface area (Å²) in [5, 5.41) is 6.71. The molecule has 0 saturated heterocycles. The third-order valence-electron chi connectivity index (χ3n) is 4.06. The molecule has 1 aromatic heterocycles. The number of nitrogens with one attached hydrogen (secondary N) is 2. The largest absolute Gasteiger partial charge is 0.382 e. The van der Waals surface area contributed by atoms with Crippen LogP contribution >= 0.6 is 11.5 Å². The Morgan fingerprint density at radius 1 is 1.50 bits per heavy atom. The summed E-state index contributed by atoms with van der Waals surface area (Å²) < 4.78 is 4.06. The van der Waals surface area contributed by atoms with E-state index in [1.54, 1.807) is 7.05 Å². The van der Waals surface area contributed by atoms with E-state index in [1.165, 1.54) is 37.2 Å². The van der Waals surface area contributed by atoms with Crippen LogP contribution in [0.3, 0.4) is 0 Å². The maximum atomic E-state index is 11.8. The van der Waals surface area contributed by atoms with Gasteiger partial charge in [0.25, 0.3) is 5.91 Å². The Balaban J connectivity index is 1.86. The first-order valence-electron chi connectivity index (χ1n) is 7.33. The molecule has 1 aliphatic carbocycles. The molecule has 6 heteroatoms. The van der Waals surface area contributed by atoms with Gasteiger partial charge in [-0.2, -0.15) is 4.37 Å². The van der Waals surface area contributed by atoms with E-state index in [1.807, 2.05) is 0 Å². The van der Waals surface area contributed by atoms with Gasteiger partial charge in [-0.05, 0) is 36.2 Å². The fraction of sp³-hybridized carbons (Fsp3) is 0.714. The molecule has 1 aliphatic rings. The molecular formula is C14H24N4OS. The molecule has 2 unspecified atom stereocenters. The Labute approximate surface area is 124 Å². The lowest BCUT2D eigenvalue weighted by Gasteiger charge is -2.26. The number of anilines is 2. The summed E-state index contributed by atoms with van der Waals surface area (Å²) in [7, 11) is 1.60. The Morgan fingerprint density at radius 3 is 3.00 bits per heavy atom. The van der Waals surface area contributed by atoms with E-state index < -0.39 is 0 Å². The van der Waals surface area contributed by atoms with Crippen molar-refractivity contribution in [3.05, 3.63) is 5.56 Å². The van der Waals surface area contributed by atoms with Crippen molar-refractivity contribution in [2.24, 2.45) is 11.8 Å². The molecule has 1 amide bonds. The zero-order chi connectivity index (χ0) is 14.5. The van der Waals surface area contributed by atoms with Crippen molar-refractivity contribution in [2.75, 3.05) is 24.6 Å². The van der Waals surface area contributed by atoms with Gasteiger partial charge in [-0.25, -0.2) is 0 Å². The Kier molecular flexibility index (Phi) is 5.23. The van der Waals surface area contributed by atoms with Gasteiger partial charge >= 0.3 is 0 Å². The van der Waals surface area contributed by atoms with Crippen LogP contribution in [-0.2, 0) is 0 Å². The van der Waals surface area contributed by atoms with E-state index in [9.17, 15) is 4.79 Å². The minimum Gasteiger partial charge on any atom is -0.382 e. The predicted octanol–water partition coefficient (Wildman–Crippen LogP) is 2.71. The number of aromatic nitrogens is 1. The first kappa shape index (κ1) is 15.1. The Morgan fingerprint density at radius 2 is 2.30 bits per heavy atom. The smallest absolute Gasteiger partial charge is 0.257 e. The van der Waals surface area contributed by atoms with Crippen LogP contribution in [0.15, 0.2) is 0 Å². The number of hydrogen-bond acceptors (Lipinski definition) is 5. The van der Waals surface area contributed by atoms with Crippen LogP contribution < -0.4 is 16.4 Å². The molecule has 0 spiro atoms. The maximum absolute atomic E-state index is 11.8. The summed E-state index contributed by atoms with van der Waals surface area (Å²) in [5.74, 6) is 1.79. The quantitative estimate of drug-likeness (QED) is 0.780. The van der Waals surface area contributed by atoms with Gasteiger partial charge in [0.05, 0.1) is 0 Å². The summed E-state index contributed by atoms with van der Waals surface area (Å²) in [5.41, 5.74) is 6.23. The van der Waals surface area contributed by atoms with Crippen molar-refractivity contribution in [2.45, 2.75) is 39.0 Å². The topological polar surface area (TPSA) is 80.0 Å². The summed E-state index contributed by atoms with van der Waals surface area (Å²) in [6.45, 7) is 3.22. The van der Waals surface area contributed by atoms with Crippen molar-refractivity contribution in [3.63, 3.8) is 0 Å². The SMILES string of the molecule is CNC(=O)c1c(N)nsc1NCCC1CCCC(C)C1. The minimum atomic E-state index is -0.176. The molecule has 20 heavy (non-hydrogen) atoms. The summed E-state index contributed by atoms with van der Waals surface area (Å²) >= 11 is 1.26. The van der Waals surface area contributed by atoms with Crippen molar-refractivity contribution in [3.8, 4) is 0 Å². The Bertz CT molecular complexity index is 460. The van der Waals surface area contributed by atoms with Crippen LogP contribution in [0.25, 0.3) is 0 Å². The highest BCUT2D eigenvalue weighted by Gasteiger charge is 2.20. The molecule has 0 aromatic carbocycles. The van der Waals surface area contributed by atoms with Crippen LogP contribution in [-0.4, -0.2) is 23.9 Å². The molecule has 4 N–H and O–H groups in total. The van der Waals surface area contributed by atoms with Gasteiger partial charge in [-0.15, -0.1) is 0 Å². The van der Waals surface area contributed by atoms with Gasteiger partial charge in [0, 0.05) is 13.6 Å². The minimum absolute atomic E-state index is 0.176. The van der Waals surface area contributed by atoms with Gasteiger partial charge < -0.3 is 16.4 Å². The zero-order valence-corrected chi connectivity index (χ0v) is 13.1. The predicted molar refractivity (Wildman–Crippen MR) is 84.1 cm³/mol. The second-order valence-electron chi connectivity index (χ2n) is 5.70. The van der Waals surface area contributed by atoms with Gasteiger partial charge in [0.2, 0.25) is 0 Å². The fourth-order valence-electron chi connectivity index (χ4n) is 2.98. The monoisotopic (exact) mass is 296 g/mol. The number of nitrogens with two attached hydrogens (primary N) is 1. The molecule has 0 aliphatic heterocycles. The number of nitrogens with zero attached hydrogens (tertiary/aromatic N) is 1. The van der Waals surface area contributed by atoms with E-state index in [4.69, 9.17) is 5.73 Å². The Hall–Kier alpha value is -1.30. The number of carbonyl (C=O) groups excluding carboxylic acids is 1. The normalized spacial score (nSPS) is 22.5. The second-order valence-corrected chi connectivity index (χ2v) is 6.48. The summed E-state index contributed by atoms with van der Waals surface area (Å²) in [6, 6.07) is 0. The van der Waals surface area contributed by atoms with E-state index in [0.29, 0.717) is 11.4 Å². The highest BCUT2D eigenvalue weighted by molar-refractivity contribution is 7.11. The molecule has 5 nitrogen and oxygen atoms in total. The van der Waals surface area contributed by atoms with Crippen LogP contribution in [0.2, 0.25) is 0 Å². The van der Waals surface area contributed by atoms with Gasteiger partial charge in [0.1, 0.15) is 10.6 Å². The van der Waals surface area contributed by atoms with Crippen LogP contribution in [0.5, 0.6) is 0 Å². The van der Waals surface area contributed by atoms with Gasteiger partial charge in [-0.1, -0.05) is 26.2 Å². The molecule has 1 saturated carbocycles. The van der Waals surface area contributed by atoms with Gasteiger partial charge in [0.15, 0.2) is 5.82 Å². The molecular weight excluding hydrogens is 272 g/mol. The van der Waals surface area contributed by atoms with E-state index in [0.717, 1.165) is 29.8 Å². The number of hydrogen-bond donors (Lipinski definition) is 3.